The second-order valence-electron chi connectivity index (χ2n) is 9.74. The first kappa shape index (κ1) is 20.4. The SMILES string of the molecule is Cc1ccc2c(c1)[Si](c1ccccc1)(c1ccccc1)c1c-2c2ccccc2c2cc(C)cnc12. The molecule has 5 aromatic carbocycles. The first-order valence-electron chi connectivity index (χ1n) is 12.2. The van der Waals surface area contributed by atoms with Gasteiger partial charge in [0.1, 0.15) is 0 Å². The molecule has 0 fully saturated rings. The third kappa shape index (κ3) is 2.72. The lowest BCUT2D eigenvalue weighted by Crippen LogP contribution is -2.73. The molecule has 7 rings (SSSR count). The van der Waals surface area contributed by atoms with E-state index in [1.165, 1.54) is 59.2 Å². The van der Waals surface area contributed by atoms with Crippen LogP contribution < -0.4 is 20.7 Å². The summed E-state index contributed by atoms with van der Waals surface area (Å²) >= 11 is 0. The van der Waals surface area contributed by atoms with Gasteiger partial charge in [-0.3, -0.25) is 4.98 Å². The van der Waals surface area contributed by atoms with Crippen LogP contribution in [0.2, 0.25) is 0 Å². The fraction of sp³-hybridized carbons (Fsp3) is 0.0606. The number of aryl methyl sites for hydroxylation is 2. The summed E-state index contributed by atoms with van der Waals surface area (Å²) in [7, 11) is -2.62. The predicted molar refractivity (Wildman–Crippen MR) is 151 cm³/mol. The van der Waals surface area contributed by atoms with E-state index in [1.54, 1.807) is 0 Å². The molecule has 6 aromatic rings. The van der Waals surface area contributed by atoms with E-state index in [2.05, 4.69) is 123 Å². The third-order valence-electron chi connectivity index (χ3n) is 7.63. The van der Waals surface area contributed by atoms with Gasteiger partial charge in [-0.1, -0.05) is 109 Å². The maximum Gasteiger partial charge on any atom is 0.183 e. The summed E-state index contributed by atoms with van der Waals surface area (Å²) in [6.07, 6.45) is 2.04. The second kappa shape index (κ2) is 7.49. The van der Waals surface area contributed by atoms with Crippen molar-refractivity contribution in [2.75, 3.05) is 0 Å². The van der Waals surface area contributed by atoms with Gasteiger partial charge in [-0.15, -0.1) is 0 Å². The van der Waals surface area contributed by atoms with Crippen molar-refractivity contribution in [2.45, 2.75) is 13.8 Å². The summed E-state index contributed by atoms with van der Waals surface area (Å²) in [6, 6.07) is 40.7. The molecule has 0 saturated heterocycles. The number of benzene rings is 5. The van der Waals surface area contributed by atoms with Crippen molar-refractivity contribution in [2.24, 2.45) is 0 Å². The normalized spacial score (nSPS) is 13.7. The summed E-state index contributed by atoms with van der Waals surface area (Å²) < 4.78 is 0. The van der Waals surface area contributed by atoms with Gasteiger partial charge in [-0.2, -0.15) is 0 Å². The molecule has 0 saturated carbocycles. The molecule has 1 aliphatic rings. The van der Waals surface area contributed by atoms with E-state index in [0.717, 1.165) is 5.52 Å². The standard InChI is InChI=1S/C33H25NSi/c1-22-17-18-28-30(20-22)35(24-11-5-3-6-12-24,25-13-7-4-8-14-25)33-31(28)27-16-10-9-15-26(27)29-19-23(2)21-34-32(29)33/h3-21H,1-2H3. The maximum absolute atomic E-state index is 5.19. The molecule has 1 aliphatic heterocycles. The van der Waals surface area contributed by atoms with Gasteiger partial charge in [0.25, 0.3) is 0 Å². The average molecular weight is 464 g/mol. The molecule has 1 nitrogen and oxygen atoms in total. The lowest BCUT2D eigenvalue weighted by atomic mass is 9.94. The van der Waals surface area contributed by atoms with E-state index in [4.69, 9.17) is 4.98 Å². The van der Waals surface area contributed by atoms with Crippen LogP contribution in [0.1, 0.15) is 11.1 Å². The number of nitrogens with zero attached hydrogens (tertiary/aromatic N) is 1. The number of fused-ring (bicyclic) bond motifs is 8. The lowest BCUT2D eigenvalue weighted by molar-refractivity contribution is 1.34. The summed E-state index contributed by atoms with van der Waals surface area (Å²) in [4.78, 5) is 5.19. The van der Waals surface area contributed by atoms with Crippen LogP contribution in [0.25, 0.3) is 32.8 Å². The van der Waals surface area contributed by atoms with Crippen LogP contribution in [-0.4, -0.2) is 13.1 Å². The average Bonchev–Trinajstić information content (AvgIpc) is 3.21. The van der Waals surface area contributed by atoms with Crippen LogP contribution >= 0.6 is 0 Å². The van der Waals surface area contributed by atoms with Crippen LogP contribution in [0.15, 0.2) is 115 Å². The Balaban J connectivity index is 1.82. The van der Waals surface area contributed by atoms with Crippen molar-refractivity contribution in [1.82, 2.24) is 4.98 Å². The van der Waals surface area contributed by atoms with Crippen molar-refractivity contribution in [3.05, 3.63) is 127 Å². The highest BCUT2D eigenvalue weighted by Gasteiger charge is 2.50. The van der Waals surface area contributed by atoms with E-state index in [1.807, 2.05) is 6.20 Å². The second-order valence-corrected chi connectivity index (χ2v) is 13.4. The topological polar surface area (TPSA) is 12.9 Å². The van der Waals surface area contributed by atoms with Gasteiger partial charge in [0.15, 0.2) is 8.07 Å². The number of hydrogen-bond donors (Lipinski definition) is 0. The van der Waals surface area contributed by atoms with Gasteiger partial charge in [-0.05, 0) is 68.1 Å². The highest BCUT2D eigenvalue weighted by atomic mass is 28.3. The number of rotatable bonds is 2. The summed E-state index contributed by atoms with van der Waals surface area (Å²) in [5, 5.41) is 9.61. The quantitative estimate of drug-likeness (QED) is 0.248. The molecule has 0 spiro atoms. The Bertz CT molecular complexity index is 1710. The molecule has 35 heavy (non-hydrogen) atoms. The largest absolute Gasteiger partial charge is 0.256 e. The van der Waals surface area contributed by atoms with Gasteiger partial charge < -0.3 is 0 Å². The third-order valence-corrected chi connectivity index (χ3v) is 12.5. The summed E-state index contributed by atoms with van der Waals surface area (Å²) in [5.41, 5.74) is 6.39. The van der Waals surface area contributed by atoms with Crippen LogP contribution in [0.5, 0.6) is 0 Å². The van der Waals surface area contributed by atoms with Crippen LogP contribution in [0, 0.1) is 13.8 Å². The van der Waals surface area contributed by atoms with Crippen molar-refractivity contribution in [3.63, 3.8) is 0 Å². The molecule has 0 atom stereocenters. The minimum absolute atomic E-state index is 1.15. The molecule has 2 heterocycles. The summed E-state index contributed by atoms with van der Waals surface area (Å²) in [6.45, 7) is 4.36. The van der Waals surface area contributed by atoms with E-state index in [0.29, 0.717) is 0 Å². The van der Waals surface area contributed by atoms with Crippen LogP contribution in [-0.2, 0) is 0 Å². The van der Waals surface area contributed by atoms with Crippen molar-refractivity contribution in [3.8, 4) is 11.1 Å². The Hall–Kier alpha value is -4.01. The van der Waals surface area contributed by atoms with Gasteiger partial charge in [-0.25, -0.2) is 0 Å². The van der Waals surface area contributed by atoms with Crippen LogP contribution in [0.3, 0.4) is 0 Å². The zero-order chi connectivity index (χ0) is 23.6. The minimum atomic E-state index is -2.62. The number of hydrogen-bond acceptors (Lipinski definition) is 1. The fourth-order valence-electron chi connectivity index (χ4n) is 6.27. The van der Waals surface area contributed by atoms with E-state index < -0.39 is 8.07 Å². The molecule has 0 amide bonds. The molecular weight excluding hydrogens is 438 g/mol. The fourth-order valence-corrected chi connectivity index (χ4v) is 11.7. The molecule has 1 aromatic heterocycles. The zero-order valence-electron chi connectivity index (χ0n) is 19.9. The van der Waals surface area contributed by atoms with Crippen molar-refractivity contribution < 1.29 is 0 Å². The van der Waals surface area contributed by atoms with E-state index in [-0.39, 0.29) is 0 Å². The minimum Gasteiger partial charge on any atom is -0.256 e. The zero-order valence-corrected chi connectivity index (χ0v) is 20.9. The van der Waals surface area contributed by atoms with Gasteiger partial charge >= 0.3 is 0 Å². The molecule has 0 aliphatic carbocycles. The first-order chi connectivity index (χ1) is 17.2. The van der Waals surface area contributed by atoms with E-state index in [9.17, 15) is 0 Å². The predicted octanol–water partition coefficient (Wildman–Crippen LogP) is 5.36. The highest BCUT2D eigenvalue weighted by molar-refractivity contribution is 7.23. The Labute approximate surface area is 206 Å². The molecule has 0 bridgehead atoms. The Kier molecular flexibility index (Phi) is 4.36. The Morgan fingerprint density at radius 3 is 1.89 bits per heavy atom. The monoisotopic (exact) mass is 463 g/mol. The maximum atomic E-state index is 5.19. The van der Waals surface area contributed by atoms with Crippen molar-refractivity contribution >= 4 is 50.5 Å². The van der Waals surface area contributed by atoms with Gasteiger partial charge in [0.2, 0.25) is 0 Å². The first-order valence-corrected chi connectivity index (χ1v) is 14.2. The highest BCUT2D eigenvalue weighted by Crippen LogP contribution is 2.39. The molecule has 166 valence electrons. The number of aromatic nitrogens is 1. The molecular formula is C33H25NSi. The Morgan fingerprint density at radius 2 is 1.20 bits per heavy atom. The molecule has 0 N–H and O–H groups in total. The lowest BCUT2D eigenvalue weighted by Gasteiger charge is -2.32. The summed E-state index contributed by atoms with van der Waals surface area (Å²) in [5.74, 6) is 0. The van der Waals surface area contributed by atoms with Gasteiger partial charge in [0, 0.05) is 11.6 Å². The van der Waals surface area contributed by atoms with Gasteiger partial charge in [0.05, 0.1) is 5.52 Å². The Morgan fingerprint density at radius 1 is 0.571 bits per heavy atom. The molecule has 0 unspecified atom stereocenters. The molecule has 2 heteroatoms. The van der Waals surface area contributed by atoms with Crippen molar-refractivity contribution in [1.29, 1.82) is 0 Å². The van der Waals surface area contributed by atoms with E-state index >= 15 is 0 Å². The molecule has 0 radical (unpaired) electrons. The smallest absolute Gasteiger partial charge is 0.183 e. The number of pyridine rings is 1. The van der Waals surface area contributed by atoms with Crippen LogP contribution in [0.4, 0.5) is 0 Å².